The lowest BCUT2D eigenvalue weighted by Gasteiger charge is -2.21. The highest BCUT2D eigenvalue weighted by molar-refractivity contribution is 6.29. The first kappa shape index (κ1) is 24.7. The lowest BCUT2D eigenvalue weighted by Crippen LogP contribution is -2.21. The Bertz CT molecular complexity index is 1690. The van der Waals surface area contributed by atoms with Crippen LogP contribution in [0.4, 0.5) is 5.69 Å². The zero-order valence-electron chi connectivity index (χ0n) is 21.0. The molecule has 1 atom stereocenters. The Morgan fingerprint density at radius 2 is 2.00 bits per heavy atom. The third-order valence-corrected chi connectivity index (χ3v) is 6.69. The molecule has 5 aromatic rings. The summed E-state index contributed by atoms with van der Waals surface area (Å²) < 4.78 is 8.55. The minimum absolute atomic E-state index is 0.0755. The third kappa shape index (κ3) is 4.41. The summed E-state index contributed by atoms with van der Waals surface area (Å²) in [5.74, 6) is 0.473. The Hall–Kier alpha value is -3.95. The molecule has 0 radical (unpaired) electrons. The zero-order valence-corrected chi connectivity index (χ0v) is 21.7. The van der Waals surface area contributed by atoms with Crippen molar-refractivity contribution in [3.05, 3.63) is 75.4 Å². The van der Waals surface area contributed by atoms with E-state index in [1.54, 1.807) is 47.9 Å². The van der Waals surface area contributed by atoms with Crippen LogP contribution in [0.3, 0.4) is 0 Å². The van der Waals surface area contributed by atoms with Crippen molar-refractivity contribution in [2.75, 3.05) is 19.0 Å². The molecule has 2 N–H and O–H groups in total. The second-order valence-electron chi connectivity index (χ2n) is 8.95. The highest BCUT2D eigenvalue weighted by Gasteiger charge is 2.21. The van der Waals surface area contributed by atoms with Crippen LogP contribution in [0.15, 0.2) is 53.6 Å². The third-order valence-electron chi connectivity index (χ3n) is 6.48. The van der Waals surface area contributed by atoms with Crippen LogP contribution < -0.4 is 15.6 Å². The molecule has 4 heterocycles. The summed E-state index contributed by atoms with van der Waals surface area (Å²) in [5.41, 5.74) is 4.72. The standard InChI is InChI=1S/C27H27ClN6O3/c1-15-11-18(24-19(12-15)27(36)33(3)26-20(24)14-30-34(26)9-10-35)16(2)31-21-5-6-22(28)32-25(21)17-7-8-29-23(13-17)37-4/h5-8,11-14,16,31,35H,9-10H2,1-4H3. The fourth-order valence-corrected chi connectivity index (χ4v) is 4.97. The predicted octanol–water partition coefficient (Wildman–Crippen LogP) is 4.48. The maximum absolute atomic E-state index is 13.4. The van der Waals surface area contributed by atoms with Crippen molar-refractivity contribution >= 4 is 39.1 Å². The molecule has 0 amide bonds. The van der Waals surface area contributed by atoms with Gasteiger partial charge in [0.2, 0.25) is 5.88 Å². The van der Waals surface area contributed by atoms with Gasteiger partial charge in [-0.1, -0.05) is 17.7 Å². The number of aliphatic hydroxyl groups excluding tert-OH is 1. The van der Waals surface area contributed by atoms with E-state index < -0.39 is 0 Å². The number of hydrogen-bond acceptors (Lipinski definition) is 7. The summed E-state index contributed by atoms with van der Waals surface area (Å²) >= 11 is 6.27. The highest BCUT2D eigenvalue weighted by atomic mass is 35.5. The van der Waals surface area contributed by atoms with Crippen molar-refractivity contribution in [1.82, 2.24) is 24.3 Å². The van der Waals surface area contributed by atoms with Gasteiger partial charge in [-0.3, -0.25) is 9.36 Å². The van der Waals surface area contributed by atoms with Crippen LogP contribution >= 0.6 is 11.6 Å². The number of rotatable bonds is 7. The minimum Gasteiger partial charge on any atom is -0.481 e. The monoisotopic (exact) mass is 518 g/mol. The number of fused-ring (bicyclic) bond motifs is 3. The topological polar surface area (TPSA) is 107 Å². The number of halogens is 1. The summed E-state index contributed by atoms with van der Waals surface area (Å²) in [4.78, 5) is 22.2. The van der Waals surface area contributed by atoms with Crippen LogP contribution in [0.25, 0.3) is 33.1 Å². The van der Waals surface area contributed by atoms with Gasteiger partial charge in [-0.2, -0.15) is 5.10 Å². The van der Waals surface area contributed by atoms with Crippen molar-refractivity contribution in [2.45, 2.75) is 26.4 Å². The first-order valence-electron chi connectivity index (χ1n) is 11.9. The fraction of sp³-hybridized carbons (Fsp3) is 0.259. The second kappa shape index (κ2) is 9.84. The summed E-state index contributed by atoms with van der Waals surface area (Å²) in [6.07, 6.45) is 3.42. The Balaban J connectivity index is 1.68. The first-order chi connectivity index (χ1) is 17.8. The molecule has 0 saturated carbocycles. The van der Waals surface area contributed by atoms with E-state index in [0.717, 1.165) is 33.2 Å². The molecule has 0 aliphatic carbocycles. The van der Waals surface area contributed by atoms with Crippen LogP contribution in [0.5, 0.6) is 5.88 Å². The van der Waals surface area contributed by atoms with E-state index in [1.165, 1.54) is 0 Å². The lowest BCUT2D eigenvalue weighted by molar-refractivity contribution is 0.271. The van der Waals surface area contributed by atoms with E-state index >= 15 is 0 Å². The summed E-state index contributed by atoms with van der Waals surface area (Å²) in [5, 5.41) is 20.2. The van der Waals surface area contributed by atoms with E-state index in [2.05, 4.69) is 26.4 Å². The van der Waals surface area contributed by atoms with Gasteiger partial charge in [-0.25, -0.2) is 14.6 Å². The SMILES string of the molecule is COc1cc(-c2nc(Cl)ccc2NC(C)c2cc(C)cc3c(=O)n(C)c4c(cnn4CCO)c23)ccn1. The average molecular weight is 519 g/mol. The van der Waals surface area contributed by atoms with Gasteiger partial charge in [0.25, 0.3) is 5.56 Å². The van der Waals surface area contributed by atoms with Crippen molar-refractivity contribution in [3.63, 3.8) is 0 Å². The number of aromatic nitrogens is 5. The molecule has 0 spiro atoms. The Morgan fingerprint density at radius 1 is 1.19 bits per heavy atom. The molecule has 37 heavy (non-hydrogen) atoms. The number of benzene rings is 1. The quantitative estimate of drug-likeness (QED) is 0.306. The molecule has 0 fully saturated rings. The summed E-state index contributed by atoms with van der Waals surface area (Å²) in [7, 11) is 3.30. The van der Waals surface area contributed by atoms with Crippen molar-refractivity contribution < 1.29 is 9.84 Å². The van der Waals surface area contributed by atoms with Gasteiger partial charge in [0.15, 0.2) is 0 Å². The molecule has 0 aliphatic rings. The number of hydrogen-bond donors (Lipinski definition) is 2. The fourth-order valence-electron chi connectivity index (χ4n) is 4.82. The van der Waals surface area contributed by atoms with Crippen LogP contribution in [0, 0.1) is 6.92 Å². The maximum atomic E-state index is 13.4. The van der Waals surface area contributed by atoms with Gasteiger partial charge in [-0.05, 0) is 49.2 Å². The van der Waals surface area contributed by atoms with Crippen molar-refractivity contribution in [1.29, 1.82) is 0 Å². The Labute approximate surface area is 218 Å². The second-order valence-corrected chi connectivity index (χ2v) is 9.34. The smallest absolute Gasteiger partial charge is 0.259 e. The molecule has 0 saturated heterocycles. The number of aliphatic hydroxyl groups is 1. The Kier molecular flexibility index (Phi) is 6.57. The molecular formula is C27H27ClN6O3. The molecule has 9 nitrogen and oxygen atoms in total. The molecular weight excluding hydrogens is 492 g/mol. The van der Waals surface area contributed by atoms with Gasteiger partial charge in [0, 0.05) is 47.1 Å². The normalized spacial score (nSPS) is 12.3. The average Bonchev–Trinajstić information content (AvgIpc) is 3.31. The van der Waals surface area contributed by atoms with Gasteiger partial charge >= 0.3 is 0 Å². The minimum atomic E-state index is -0.204. The molecule has 1 unspecified atom stereocenters. The summed E-state index contributed by atoms with van der Waals surface area (Å²) in [6.45, 7) is 4.24. The van der Waals surface area contributed by atoms with Crippen LogP contribution in [-0.4, -0.2) is 43.1 Å². The maximum Gasteiger partial charge on any atom is 0.259 e. The van der Waals surface area contributed by atoms with Gasteiger partial charge in [0.1, 0.15) is 10.8 Å². The number of nitrogens with one attached hydrogen (secondary N) is 1. The highest BCUT2D eigenvalue weighted by Crippen LogP contribution is 2.35. The number of ether oxygens (including phenoxy) is 1. The lowest BCUT2D eigenvalue weighted by atomic mass is 9.95. The van der Waals surface area contributed by atoms with E-state index in [4.69, 9.17) is 16.3 Å². The largest absolute Gasteiger partial charge is 0.481 e. The van der Waals surface area contributed by atoms with Gasteiger partial charge in [0.05, 0.1) is 37.8 Å². The molecule has 10 heteroatoms. The molecule has 5 rings (SSSR count). The van der Waals surface area contributed by atoms with E-state index in [0.29, 0.717) is 34.3 Å². The first-order valence-corrected chi connectivity index (χ1v) is 12.2. The Morgan fingerprint density at radius 3 is 2.76 bits per heavy atom. The number of pyridine rings is 3. The van der Waals surface area contributed by atoms with E-state index in [9.17, 15) is 9.90 Å². The molecule has 0 aliphatic heterocycles. The van der Waals surface area contributed by atoms with E-state index in [1.807, 2.05) is 32.0 Å². The molecule has 1 aromatic carbocycles. The van der Waals surface area contributed by atoms with Crippen LogP contribution in [-0.2, 0) is 13.6 Å². The molecule has 4 aromatic heterocycles. The van der Waals surface area contributed by atoms with Gasteiger partial charge in [-0.15, -0.1) is 0 Å². The molecule has 0 bridgehead atoms. The predicted molar refractivity (Wildman–Crippen MR) is 145 cm³/mol. The number of nitrogens with zero attached hydrogens (tertiary/aromatic N) is 5. The number of methoxy groups -OCH3 is 1. The number of aryl methyl sites for hydroxylation is 2. The van der Waals surface area contributed by atoms with Crippen molar-refractivity contribution in [2.24, 2.45) is 7.05 Å². The van der Waals surface area contributed by atoms with Crippen LogP contribution in [0.2, 0.25) is 5.15 Å². The zero-order chi connectivity index (χ0) is 26.3. The summed E-state index contributed by atoms with van der Waals surface area (Å²) in [6, 6.07) is 11.1. The number of anilines is 1. The van der Waals surface area contributed by atoms with Crippen molar-refractivity contribution in [3.8, 4) is 17.1 Å². The van der Waals surface area contributed by atoms with Crippen LogP contribution in [0.1, 0.15) is 24.1 Å². The van der Waals surface area contributed by atoms with Gasteiger partial charge < -0.3 is 15.2 Å². The van der Waals surface area contributed by atoms with E-state index in [-0.39, 0.29) is 18.2 Å². The molecule has 190 valence electrons.